The summed E-state index contributed by atoms with van der Waals surface area (Å²) >= 11 is 0. The predicted molar refractivity (Wildman–Crippen MR) is 68.1 cm³/mol. The van der Waals surface area contributed by atoms with Gasteiger partial charge in [0.1, 0.15) is 0 Å². The average molecular weight is 203 g/mol. The van der Waals surface area contributed by atoms with E-state index in [4.69, 9.17) is 0 Å². The summed E-state index contributed by atoms with van der Waals surface area (Å²) < 4.78 is 0. The molecule has 1 N–H and O–H groups in total. The summed E-state index contributed by atoms with van der Waals surface area (Å²) in [6.07, 6.45) is 5.55. The molecule has 15 heavy (non-hydrogen) atoms. The van der Waals surface area contributed by atoms with Crippen LogP contribution in [0.15, 0.2) is 24.3 Å². The third-order valence-electron chi connectivity index (χ3n) is 2.46. The number of rotatable bonds is 5. The molecule has 0 radical (unpaired) electrons. The minimum absolute atomic E-state index is 1.05. The van der Waals surface area contributed by atoms with E-state index in [1.54, 1.807) is 0 Å². The van der Waals surface area contributed by atoms with Crippen molar-refractivity contribution in [2.45, 2.75) is 27.2 Å². The lowest BCUT2D eigenvalue weighted by molar-refractivity contribution is 0.727. The van der Waals surface area contributed by atoms with Crippen LogP contribution in [0.3, 0.4) is 0 Å². The SMILES string of the molecule is CCNCCC=Cc1ccc(C)cc1C. The smallest absolute Gasteiger partial charge is 0.00143 e. The maximum atomic E-state index is 3.31. The van der Waals surface area contributed by atoms with Crippen LogP contribution in [0.25, 0.3) is 6.08 Å². The highest BCUT2D eigenvalue weighted by Gasteiger charge is 1.93. The second kappa shape index (κ2) is 6.41. The van der Waals surface area contributed by atoms with Gasteiger partial charge in [0.15, 0.2) is 0 Å². The average Bonchev–Trinajstić information content (AvgIpc) is 2.20. The molecule has 0 aromatic heterocycles. The van der Waals surface area contributed by atoms with Crippen LogP contribution in [0.1, 0.15) is 30.0 Å². The van der Waals surface area contributed by atoms with Crippen LogP contribution in [0.2, 0.25) is 0 Å². The third kappa shape index (κ3) is 4.30. The van der Waals surface area contributed by atoms with Crippen molar-refractivity contribution in [3.8, 4) is 0 Å². The highest BCUT2D eigenvalue weighted by Crippen LogP contribution is 2.12. The van der Waals surface area contributed by atoms with Crippen LogP contribution < -0.4 is 5.32 Å². The molecule has 1 nitrogen and oxygen atoms in total. The van der Waals surface area contributed by atoms with Crippen LogP contribution in [0.5, 0.6) is 0 Å². The van der Waals surface area contributed by atoms with Crippen LogP contribution in [-0.4, -0.2) is 13.1 Å². The van der Waals surface area contributed by atoms with Gasteiger partial charge in [-0.15, -0.1) is 0 Å². The molecule has 0 saturated carbocycles. The van der Waals surface area contributed by atoms with E-state index in [2.05, 4.69) is 56.4 Å². The zero-order valence-corrected chi connectivity index (χ0v) is 10.0. The summed E-state index contributed by atoms with van der Waals surface area (Å²) in [5.41, 5.74) is 4.02. The molecule has 0 aliphatic rings. The minimum Gasteiger partial charge on any atom is -0.317 e. The first-order valence-corrected chi connectivity index (χ1v) is 5.68. The van der Waals surface area contributed by atoms with Gasteiger partial charge >= 0.3 is 0 Å². The number of aryl methyl sites for hydroxylation is 2. The molecule has 0 aliphatic heterocycles. The molecular formula is C14H21N. The van der Waals surface area contributed by atoms with Gasteiger partial charge in [0, 0.05) is 0 Å². The first-order valence-electron chi connectivity index (χ1n) is 5.68. The summed E-state index contributed by atoms with van der Waals surface area (Å²) in [5.74, 6) is 0. The Kier molecular flexibility index (Phi) is 5.13. The highest BCUT2D eigenvalue weighted by atomic mass is 14.8. The molecule has 0 aliphatic carbocycles. The molecule has 0 bridgehead atoms. The Morgan fingerprint density at radius 1 is 1.27 bits per heavy atom. The Morgan fingerprint density at radius 2 is 2.07 bits per heavy atom. The van der Waals surface area contributed by atoms with Gasteiger partial charge in [0.25, 0.3) is 0 Å². The van der Waals surface area contributed by atoms with Crippen molar-refractivity contribution in [3.05, 3.63) is 41.0 Å². The normalized spacial score (nSPS) is 11.1. The molecule has 0 fully saturated rings. The Bertz CT molecular complexity index is 326. The molecule has 0 saturated heterocycles. The molecule has 1 heteroatoms. The predicted octanol–water partition coefficient (Wildman–Crippen LogP) is 3.32. The first-order chi connectivity index (χ1) is 7.24. The Labute approximate surface area is 93.2 Å². The van der Waals surface area contributed by atoms with Crippen molar-refractivity contribution in [1.29, 1.82) is 0 Å². The first kappa shape index (κ1) is 12.0. The van der Waals surface area contributed by atoms with Crippen LogP contribution in [0, 0.1) is 13.8 Å². The molecule has 0 heterocycles. The maximum absolute atomic E-state index is 3.31. The van der Waals surface area contributed by atoms with Gasteiger partial charge in [-0.05, 0) is 44.5 Å². The lowest BCUT2D eigenvalue weighted by atomic mass is 10.1. The van der Waals surface area contributed by atoms with Gasteiger partial charge in [-0.3, -0.25) is 0 Å². The fraction of sp³-hybridized carbons (Fsp3) is 0.429. The second-order valence-corrected chi connectivity index (χ2v) is 3.90. The summed E-state index contributed by atoms with van der Waals surface area (Å²) in [6, 6.07) is 6.58. The lowest BCUT2D eigenvalue weighted by Gasteiger charge is -2.01. The summed E-state index contributed by atoms with van der Waals surface area (Å²) in [5, 5.41) is 3.31. The second-order valence-electron chi connectivity index (χ2n) is 3.90. The zero-order chi connectivity index (χ0) is 11.1. The molecule has 0 unspecified atom stereocenters. The van der Waals surface area contributed by atoms with E-state index in [1.165, 1.54) is 16.7 Å². The van der Waals surface area contributed by atoms with E-state index in [0.29, 0.717) is 0 Å². The minimum atomic E-state index is 1.05. The van der Waals surface area contributed by atoms with Crippen molar-refractivity contribution >= 4 is 6.08 Å². The van der Waals surface area contributed by atoms with Crippen molar-refractivity contribution in [1.82, 2.24) is 5.32 Å². The zero-order valence-electron chi connectivity index (χ0n) is 10.0. The molecular weight excluding hydrogens is 182 g/mol. The van der Waals surface area contributed by atoms with E-state index in [9.17, 15) is 0 Å². The van der Waals surface area contributed by atoms with E-state index in [1.807, 2.05) is 0 Å². The maximum Gasteiger partial charge on any atom is -0.00143 e. The third-order valence-corrected chi connectivity index (χ3v) is 2.46. The van der Waals surface area contributed by atoms with Gasteiger partial charge < -0.3 is 5.32 Å². The van der Waals surface area contributed by atoms with Crippen LogP contribution >= 0.6 is 0 Å². The summed E-state index contributed by atoms with van der Waals surface area (Å²) in [4.78, 5) is 0. The summed E-state index contributed by atoms with van der Waals surface area (Å²) in [7, 11) is 0. The molecule has 0 amide bonds. The number of nitrogens with one attached hydrogen (secondary N) is 1. The van der Waals surface area contributed by atoms with Crippen molar-refractivity contribution in [2.24, 2.45) is 0 Å². The van der Waals surface area contributed by atoms with E-state index in [-0.39, 0.29) is 0 Å². The topological polar surface area (TPSA) is 12.0 Å². The van der Waals surface area contributed by atoms with Crippen molar-refractivity contribution in [3.63, 3.8) is 0 Å². The monoisotopic (exact) mass is 203 g/mol. The Hall–Kier alpha value is -1.08. The van der Waals surface area contributed by atoms with Gasteiger partial charge in [-0.2, -0.15) is 0 Å². The Morgan fingerprint density at radius 3 is 2.73 bits per heavy atom. The van der Waals surface area contributed by atoms with Gasteiger partial charge in [0.05, 0.1) is 0 Å². The number of benzene rings is 1. The van der Waals surface area contributed by atoms with E-state index in [0.717, 1.165) is 19.5 Å². The Balaban J connectivity index is 2.49. The standard InChI is InChI=1S/C14H21N/c1-4-15-10-6-5-7-14-9-8-12(2)11-13(14)3/h5,7-9,11,15H,4,6,10H2,1-3H3. The van der Waals surface area contributed by atoms with Crippen molar-refractivity contribution < 1.29 is 0 Å². The summed E-state index contributed by atoms with van der Waals surface area (Å²) in [6.45, 7) is 8.55. The molecule has 1 rings (SSSR count). The van der Waals surface area contributed by atoms with E-state index >= 15 is 0 Å². The van der Waals surface area contributed by atoms with Crippen LogP contribution in [-0.2, 0) is 0 Å². The van der Waals surface area contributed by atoms with Crippen molar-refractivity contribution in [2.75, 3.05) is 13.1 Å². The lowest BCUT2D eigenvalue weighted by Crippen LogP contribution is -2.12. The molecule has 1 aromatic rings. The molecule has 82 valence electrons. The fourth-order valence-corrected chi connectivity index (χ4v) is 1.59. The molecule has 0 spiro atoms. The number of hydrogen-bond acceptors (Lipinski definition) is 1. The fourth-order valence-electron chi connectivity index (χ4n) is 1.59. The van der Waals surface area contributed by atoms with Gasteiger partial charge in [-0.1, -0.05) is 42.8 Å². The molecule has 1 aromatic carbocycles. The van der Waals surface area contributed by atoms with Crippen LogP contribution in [0.4, 0.5) is 0 Å². The van der Waals surface area contributed by atoms with Gasteiger partial charge in [-0.25, -0.2) is 0 Å². The molecule has 0 atom stereocenters. The largest absolute Gasteiger partial charge is 0.317 e. The highest BCUT2D eigenvalue weighted by molar-refractivity contribution is 5.54. The van der Waals surface area contributed by atoms with Gasteiger partial charge in [0.2, 0.25) is 0 Å². The quantitative estimate of drug-likeness (QED) is 0.724. The van der Waals surface area contributed by atoms with E-state index < -0.39 is 0 Å². The number of hydrogen-bond donors (Lipinski definition) is 1.